The summed E-state index contributed by atoms with van der Waals surface area (Å²) < 4.78 is 0. The number of nitrogens with one attached hydrogen (secondary N) is 2. The van der Waals surface area contributed by atoms with Gasteiger partial charge in [-0.3, -0.25) is 4.79 Å². The standard InChI is InChI=1S/C24H30N4O2/c1-3-6-18(4-2)25-23(30)26-21-7-5-15-28(22(21)29)20-10-8-19(9-11-20)27-16-14-24(17-27)12-13-24/h3-4,6,8-11,21H,1-2,5,7,12-17H2,(H2,25,26,30)/b18-6+/t21-/m1/s1. The fourth-order valence-corrected chi connectivity index (χ4v) is 4.46. The number of benzene rings is 1. The summed E-state index contributed by atoms with van der Waals surface area (Å²) in [5.74, 6) is -0.0740. The van der Waals surface area contributed by atoms with Crippen LogP contribution in [-0.4, -0.2) is 37.6 Å². The van der Waals surface area contributed by atoms with Gasteiger partial charge in [-0.1, -0.05) is 19.2 Å². The van der Waals surface area contributed by atoms with E-state index in [1.165, 1.54) is 31.0 Å². The smallest absolute Gasteiger partial charge is 0.319 e. The molecule has 1 atom stereocenters. The minimum Gasteiger partial charge on any atom is -0.371 e. The number of hydrogen-bond acceptors (Lipinski definition) is 3. The first-order valence-electron chi connectivity index (χ1n) is 10.7. The molecule has 0 aromatic heterocycles. The van der Waals surface area contributed by atoms with Crippen molar-refractivity contribution >= 4 is 23.3 Å². The quantitative estimate of drug-likeness (QED) is 0.708. The Morgan fingerprint density at radius 3 is 2.47 bits per heavy atom. The van der Waals surface area contributed by atoms with Crippen LogP contribution in [-0.2, 0) is 4.79 Å². The number of hydrogen-bond donors (Lipinski definition) is 2. The molecule has 3 aliphatic rings. The summed E-state index contributed by atoms with van der Waals surface area (Å²) in [5.41, 5.74) is 3.24. The molecule has 1 aromatic rings. The van der Waals surface area contributed by atoms with Crippen LogP contribution in [0.25, 0.3) is 0 Å². The summed E-state index contributed by atoms with van der Waals surface area (Å²) in [6, 6.07) is 7.32. The average Bonchev–Trinajstić information content (AvgIpc) is 3.38. The summed E-state index contributed by atoms with van der Waals surface area (Å²) in [6.45, 7) is 10.2. The van der Waals surface area contributed by atoms with Gasteiger partial charge in [-0.25, -0.2) is 4.79 Å². The van der Waals surface area contributed by atoms with Crippen molar-refractivity contribution in [3.8, 4) is 0 Å². The van der Waals surface area contributed by atoms with Gasteiger partial charge in [-0.05, 0) is 73.9 Å². The monoisotopic (exact) mass is 406 g/mol. The van der Waals surface area contributed by atoms with E-state index in [2.05, 4.69) is 40.8 Å². The van der Waals surface area contributed by atoms with E-state index in [9.17, 15) is 9.59 Å². The van der Waals surface area contributed by atoms with Crippen LogP contribution >= 0.6 is 0 Å². The highest BCUT2D eigenvalue weighted by Crippen LogP contribution is 2.53. The molecule has 6 heteroatoms. The van der Waals surface area contributed by atoms with Crippen LogP contribution in [0, 0.1) is 5.41 Å². The predicted molar refractivity (Wildman–Crippen MR) is 120 cm³/mol. The molecule has 1 saturated carbocycles. The average molecular weight is 407 g/mol. The second-order valence-corrected chi connectivity index (χ2v) is 8.53. The molecule has 3 amide bonds. The Kier molecular flexibility index (Phi) is 5.66. The third-order valence-electron chi connectivity index (χ3n) is 6.44. The number of allylic oxidation sites excluding steroid dienone is 3. The molecule has 30 heavy (non-hydrogen) atoms. The van der Waals surface area contributed by atoms with Crippen molar-refractivity contribution in [3.05, 3.63) is 61.3 Å². The minimum atomic E-state index is -0.540. The maximum Gasteiger partial charge on any atom is 0.319 e. The van der Waals surface area contributed by atoms with E-state index in [4.69, 9.17) is 0 Å². The first-order chi connectivity index (χ1) is 14.5. The molecule has 2 saturated heterocycles. The van der Waals surface area contributed by atoms with Gasteiger partial charge in [0.2, 0.25) is 5.91 Å². The zero-order valence-electron chi connectivity index (χ0n) is 17.4. The first kappa shape index (κ1) is 20.3. The van der Waals surface area contributed by atoms with Crippen LogP contribution in [0.15, 0.2) is 61.3 Å². The summed E-state index contributed by atoms with van der Waals surface area (Å²) in [5, 5.41) is 5.48. The molecule has 6 nitrogen and oxygen atoms in total. The van der Waals surface area contributed by atoms with E-state index in [1.54, 1.807) is 17.1 Å². The zero-order chi connectivity index (χ0) is 21.1. The van der Waals surface area contributed by atoms with Gasteiger partial charge in [-0.15, -0.1) is 0 Å². The normalized spacial score (nSPS) is 22.7. The molecule has 2 aliphatic heterocycles. The van der Waals surface area contributed by atoms with E-state index in [0.717, 1.165) is 25.2 Å². The molecule has 158 valence electrons. The van der Waals surface area contributed by atoms with Crippen molar-refractivity contribution < 1.29 is 9.59 Å². The van der Waals surface area contributed by atoms with Crippen LogP contribution in [0.5, 0.6) is 0 Å². The van der Waals surface area contributed by atoms with Crippen molar-refractivity contribution in [2.75, 3.05) is 29.4 Å². The maximum atomic E-state index is 13.0. The Morgan fingerprint density at radius 2 is 1.83 bits per heavy atom. The zero-order valence-corrected chi connectivity index (χ0v) is 17.4. The van der Waals surface area contributed by atoms with E-state index in [-0.39, 0.29) is 5.91 Å². The largest absolute Gasteiger partial charge is 0.371 e. The van der Waals surface area contributed by atoms with Gasteiger partial charge in [0, 0.05) is 36.7 Å². The lowest BCUT2D eigenvalue weighted by atomic mass is 10.0. The van der Waals surface area contributed by atoms with Crippen LogP contribution in [0.1, 0.15) is 32.1 Å². The number of piperidine rings is 1. The molecular weight excluding hydrogens is 376 g/mol. The molecule has 0 bridgehead atoms. The Bertz CT molecular complexity index is 870. The molecule has 2 N–H and O–H groups in total. The fraction of sp³-hybridized carbons (Fsp3) is 0.417. The highest BCUT2D eigenvalue weighted by molar-refractivity contribution is 6.00. The van der Waals surface area contributed by atoms with Crippen molar-refractivity contribution in [2.24, 2.45) is 5.41 Å². The molecule has 3 fully saturated rings. The molecule has 4 rings (SSSR count). The SMILES string of the molecule is C=C/C=C(\C=C)NC(=O)N[C@@H]1CCCN(c2ccc(N3CCC4(CC4)C3)cc2)C1=O. The molecule has 2 heterocycles. The van der Waals surface area contributed by atoms with Gasteiger partial charge in [0.15, 0.2) is 0 Å². The van der Waals surface area contributed by atoms with Crippen LogP contribution < -0.4 is 20.4 Å². The molecule has 0 unspecified atom stereocenters. The van der Waals surface area contributed by atoms with Gasteiger partial charge in [0.05, 0.1) is 0 Å². The summed E-state index contributed by atoms with van der Waals surface area (Å²) in [4.78, 5) is 29.5. The number of carbonyl (C=O) groups is 2. The van der Waals surface area contributed by atoms with Crippen LogP contribution in [0.2, 0.25) is 0 Å². The lowest BCUT2D eigenvalue weighted by Gasteiger charge is -2.33. The second-order valence-electron chi connectivity index (χ2n) is 8.53. The molecule has 1 aromatic carbocycles. The number of anilines is 2. The summed E-state index contributed by atoms with van der Waals surface area (Å²) in [7, 11) is 0. The Balaban J connectivity index is 1.38. The van der Waals surface area contributed by atoms with Gasteiger partial charge in [0.25, 0.3) is 0 Å². The molecule has 0 radical (unpaired) electrons. The topological polar surface area (TPSA) is 64.7 Å². The van der Waals surface area contributed by atoms with E-state index >= 15 is 0 Å². The van der Waals surface area contributed by atoms with E-state index < -0.39 is 12.1 Å². The number of urea groups is 1. The summed E-state index contributed by atoms with van der Waals surface area (Å²) >= 11 is 0. The molecule has 1 spiro atoms. The minimum absolute atomic E-state index is 0.0740. The third-order valence-corrected chi connectivity index (χ3v) is 6.44. The Morgan fingerprint density at radius 1 is 1.10 bits per heavy atom. The van der Waals surface area contributed by atoms with E-state index in [0.29, 0.717) is 24.1 Å². The second kappa shape index (κ2) is 8.38. The third kappa shape index (κ3) is 4.27. The van der Waals surface area contributed by atoms with Crippen LogP contribution in [0.4, 0.5) is 16.2 Å². The van der Waals surface area contributed by atoms with Gasteiger partial charge in [0.1, 0.15) is 6.04 Å². The molecular formula is C24H30N4O2. The number of rotatable bonds is 6. The van der Waals surface area contributed by atoms with E-state index in [1.807, 2.05) is 12.1 Å². The highest BCUT2D eigenvalue weighted by Gasteiger charge is 2.47. The Labute approximate surface area is 178 Å². The lowest BCUT2D eigenvalue weighted by molar-refractivity contribution is -0.121. The van der Waals surface area contributed by atoms with Crippen molar-refractivity contribution in [3.63, 3.8) is 0 Å². The van der Waals surface area contributed by atoms with Crippen molar-refractivity contribution in [1.82, 2.24) is 10.6 Å². The number of nitrogens with zero attached hydrogens (tertiary/aromatic N) is 2. The summed E-state index contributed by atoms with van der Waals surface area (Å²) in [6.07, 6.45) is 10.2. The van der Waals surface area contributed by atoms with Crippen LogP contribution in [0.3, 0.4) is 0 Å². The van der Waals surface area contributed by atoms with Crippen molar-refractivity contribution in [2.45, 2.75) is 38.1 Å². The van der Waals surface area contributed by atoms with Gasteiger partial charge < -0.3 is 20.4 Å². The number of carbonyl (C=O) groups excluding carboxylic acids is 2. The number of amides is 3. The van der Waals surface area contributed by atoms with Crippen molar-refractivity contribution in [1.29, 1.82) is 0 Å². The predicted octanol–water partition coefficient (Wildman–Crippen LogP) is 3.73. The van der Waals surface area contributed by atoms with Gasteiger partial charge >= 0.3 is 6.03 Å². The first-order valence-corrected chi connectivity index (χ1v) is 10.7. The maximum absolute atomic E-state index is 13.0. The molecule has 1 aliphatic carbocycles. The Hall–Kier alpha value is -3.02. The van der Waals surface area contributed by atoms with Gasteiger partial charge in [-0.2, -0.15) is 0 Å². The lowest BCUT2D eigenvalue weighted by Crippen LogP contribution is -2.54. The highest BCUT2D eigenvalue weighted by atomic mass is 16.2. The fourth-order valence-electron chi connectivity index (χ4n) is 4.46.